The van der Waals surface area contributed by atoms with Crippen LogP contribution in [0.2, 0.25) is 0 Å². The number of hydrogen-bond acceptors (Lipinski definition) is 7. The van der Waals surface area contributed by atoms with E-state index in [-0.39, 0.29) is 31.5 Å². The van der Waals surface area contributed by atoms with Crippen molar-refractivity contribution in [2.24, 2.45) is 11.5 Å². The van der Waals surface area contributed by atoms with Gasteiger partial charge in [0, 0.05) is 13.1 Å². The molecule has 0 rings (SSSR count). The molecule has 0 radical (unpaired) electrons. The minimum Gasteiger partial charge on any atom is -0.480 e. The summed E-state index contributed by atoms with van der Waals surface area (Å²) in [7, 11) is 0. The third-order valence-corrected chi connectivity index (χ3v) is 2.17. The first kappa shape index (κ1) is 27.2. The molecule has 0 aliphatic heterocycles. The molecule has 146 valence electrons. The van der Waals surface area contributed by atoms with Crippen LogP contribution in [-0.4, -0.2) is 99.3 Å². The molecule has 0 aromatic carbocycles. The number of aliphatic carboxylic acids is 4. The molecule has 14 heteroatoms. The van der Waals surface area contributed by atoms with Crippen molar-refractivity contribution in [3.05, 3.63) is 0 Å². The number of rotatable bonds is 11. The van der Waals surface area contributed by atoms with Crippen molar-refractivity contribution in [1.82, 2.24) is 9.80 Å². The van der Waals surface area contributed by atoms with Gasteiger partial charge in [-0.15, -0.1) is 12.4 Å². The molecule has 0 bridgehead atoms. The molecule has 0 aromatic rings. The predicted molar refractivity (Wildman–Crippen MR) is 86.8 cm³/mol. The molecule has 13 nitrogen and oxygen atoms in total. The van der Waals surface area contributed by atoms with Gasteiger partial charge in [-0.2, -0.15) is 0 Å². The number of halogens is 1. The molecular weight excluding hydrogens is 366 g/mol. The molecule has 0 atom stereocenters. The summed E-state index contributed by atoms with van der Waals surface area (Å²) in [4.78, 5) is 44.4. The van der Waals surface area contributed by atoms with E-state index in [4.69, 9.17) is 25.8 Å². The number of carboxylic acid groups (broad SMARTS) is 4. The fourth-order valence-corrected chi connectivity index (χ4v) is 1.48. The number of guanidine groups is 1. The molecule has 0 spiro atoms. The van der Waals surface area contributed by atoms with Crippen LogP contribution in [0.3, 0.4) is 0 Å². The smallest absolute Gasteiger partial charge is 0.317 e. The highest BCUT2D eigenvalue weighted by Crippen LogP contribution is 1.94. The Morgan fingerprint density at radius 3 is 0.960 bits per heavy atom. The van der Waals surface area contributed by atoms with Crippen LogP contribution in [0.1, 0.15) is 0 Å². The van der Waals surface area contributed by atoms with Crippen molar-refractivity contribution in [1.29, 1.82) is 5.41 Å². The summed E-state index contributed by atoms with van der Waals surface area (Å²) in [5.41, 5.74) is 8.94. The maximum atomic E-state index is 10.6. The summed E-state index contributed by atoms with van der Waals surface area (Å²) < 4.78 is 0. The largest absolute Gasteiger partial charge is 0.480 e. The minimum absolute atomic E-state index is 0. The van der Waals surface area contributed by atoms with Crippen LogP contribution >= 0.6 is 12.4 Å². The quantitative estimate of drug-likeness (QED) is 0.140. The number of carboxylic acids is 4. The van der Waals surface area contributed by atoms with Gasteiger partial charge in [-0.05, 0) is 0 Å². The predicted octanol–water partition coefficient (Wildman–Crippen LogP) is -2.81. The molecule has 0 saturated carbocycles. The number of hydrogen-bond donors (Lipinski definition) is 7. The molecule has 9 N–H and O–H groups in total. The van der Waals surface area contributed by atoms with Gasteiger partial charge in [0.15, 0.2) is 5.96 Å². The second-order valence-corrected chi connectivity index (χ2v) is 4.45. The van der Waals surface area contributed by atoms with E-state index in [1.54, 1.807) is 0 Å². The summed E-state index contributed by atoms with van der Waals surface area (Å²) in [6.07, 6.45) is 0. The maximum absolute atomic E-state index is 10.6. The molecule has 0 aliphatic carbocycles. The number of nitrogens with one attached hydrogen (secondary N) is 1. The van der Waals surface area contributed by atoms with Crippen molar-refractivity contribution < 1.29 is 39.6 Å². The van der Waals surface area contributed by atoms with E-state index in [9.17, 15) is 19.2 Å². The van der Waals surface area contributed by atoms with Gasteiger partial charge in [0.2, 0.25) is 0 Å². The summed E-state index contributed by atoms with van der Waals surface area (Å²) in [6.45, 7) is -2.25. The summed E-state index contributed by atoms with van der Waals surface area (Å²) in [6, 6.07) is 0. The number of nitrogens with two attached hydrogens (primary N) is 2. The third kappa shape index (κ3) is 23.8. The average Bonchev–Trinajstić information content (AvgIpc) is 2.32. The van der Waals surface area contributed by atoms with E-state index in [1.807, 2.05) is 0 Å². The van der Waals surface area contributed by atoms with Crippen LogP contribution in [0.25, 0.3) is 0 Å². The van der Waals surface area contributed by atoms with Crippen LogP contribution in [0.15, 0.2) is 0 Å². The highest BCUT2D eigenvalue weighted by molar-refractivity contribution is 5.85. The van der Waals surface area contributed by atoms with Crippen molar-refractivity contribution in [3.8, 4) is 0 Å². The van der Waals surface area contributed by atoms with Crippen LogP contribution in [-0.2, 0) is 19.2 Å². The second-order valence-electron chi connectivity index (χ2n) is 4.45. The Balaban J connectivity index is -0.000000867. The molecule has 0 heterocycles. The van der Waals surface area contributed by atoms with E-state index < -0.39 is 50.1 Å². The van der Waals surface area contributed by atoms with E-state index in [2.05, 4.69) is 11.5 Å². The number of nitrogens with zero attached hydrogens (tertiary/aromatic N) is 2. The molecule has 0 fully saturated rings. The fourth-order valence-electron chi connectivity index (χ4n) is 1.48. The highest BCUT2D eigenvalue weighted by atomic mass is 35.5. The van der Waals surface area contributed by atoms with Crippen LogP contribution in [0.5, 0.6) is 0 Å². The Morgan fingerprint density at radius 2 is 0.840 bits per heavy atom. The monoisotopic (exact) mass is 387 g/mol. The fraction of sp³-hybridized carbons (Fsp3) is 0.545. The van der Waals surface area contributed by atoms with Crippen LogP contribution < -0.4 is 11.5 Å². The Bertz CT molecular complexity index is 403. The Hall–Kier alpha value is -2.64. The topological polar surface area (TPSA) is 232 Å². The number of carbonyl (C=O) groups is 4. The lowest BCUT2D eigenvalue weighted by atomic mass is 10.4. The zero-order valence-electron chi connectivity index (χ0n) is 13.1. The first-order valence-corrected chi connectivity index (χ1v) is 6.35. The van der Waals surface area contributed by atoms with Crippen molar-refractivity contribution >= 4 is 42.2 Å². The molecule has 0 unspecified atom stereocenters. The Morgan fingerprint density at radius 1 is 0.680 bits per heavy atom. The normalized spacial score (nSPS) is 9.52. The van der Waals surface area contributed by atoms with Gasteiger partial charge in [-0.25, -0.2) is 0 Å². The zero-order chi connectivity index (χ0) is 19.3. The van der Waals surface area contributed by atoms with Crippen molar-refractivity contribution in [2.45, 2.75) is 0 Å². The third-order valence-electron chi connectivity index (χ3n) is 2.17. The first-order chi connectivity index (χ1) is 10.9. The second kappa shape index (κ2) is 14.9. The Labute approximate surface area is 148 Å². The summed E-state index contributed by atoms with van der Waals surface area (Å²) >= 11 is 0. The summed E-state index contributed by atoms with van der Waals surface area (Å²) in [5.74, 6) is -5.24. The minimum atomic E-state index is -1.23. The maximum Gasteiger partial charge on any atom is 0.317 e. The molecule has 0 aromatic heterocycles. The molecule has 0 saturated heterocycles. The van der Waals surface area contributed by atoms with E-state index >= 15 is 0 Å². The van der Waals surface area contributed by atoms with Gasteiger partial charge >= 0.3 is 23.9 Å². The Kier molecular flexibility index (Phi) is 16.2. The lowest BCUT2D eigenvalue weighted by molar-refractivity contribution is -0.145. The SMILES string of the molecule is Cl.N=C(N)N.O=C(O)CN(CCN(CC(=O)O)CC(=O)O)CC(=O)O. The van der Waals surface area contributed by atoms with Gasteiger partial charge in [0.05, 0.1) is 26.2 Å². The van der Waals surface area contributed by atoms with Gasteiger partial charge in [-0.3, -0.25) is 34.4 Å². The van der Waals surface area contributed by atoms with Gasteiger partial charge in [-0.1, -0.05) is 0 Å². The lowest BCUT2D eigenvalue weighted by Gasteiger charge is -2.23. The summed E-state index contributed by atoms with van der Waals surface area (Å²) in [5, 5.41) is 40.5. The van der Waals surface area contributed by atoms with Gasteiger partial charge < -0.3 is 31.9 Å². The molecular formula is C11H22ClN5O8. The first-order valence-electron chi connectivity index (χ1n) is 6.35. The van der Waals surface area contributed by atoms with E-state index in [1.165, 1.54) is 0 Å². The molecule has 0 amide bonds. The van der Waals surface area contributed by atoms with Gasteiger partial charge in [0.25, 0.3) is 0 Å². The van der Waals surface area contributed by atoms with Crippen molar-refractivity contribution in [3.63, 3.8) is 0 Å². The van der Waals surface area contributed by atoms with Crippen LogP contribution in [0.4, 0.5) is 0 Å². The highest BCUT2D eigenvalue weighted by Gasteiger charge is 2.17. The zero-order valence-corrected chi connectivity index (χ0v) is 13.9. The van der Waals surface area contributed by atoms with Gasteiger partial charge in [0.1, 0.15) is 0 Å². The van der Waals surface area contributed by atoms with Crippen molar-refractivity contribution in [2.75, 3.05) is 39.3 Å². The van der Waals surface area contributed by atoms with E-state index in [0.717, 1.165) is 9.80 Å². The average molecular weight is 388 g/mol. The lowest BCUT2D eigenvalue weighted by Crippen LogP contribution is -2.43. The van der Waals surface area contributed by atoms with Crippen LogP contribution in [0, 0.1) is 5.41 Å². The van der Waals surface area contributed by atoms with E-state index in [0.29, 0.717) is 0 Å². The standard InChI is InChI=1S/C10H16N2O8.CH5N3.ClH/c13-7(14)3-11(4-8(15)16)1-2-12(5-9(17)18)6-10(19)20;2-1(3)4;/h1-6H2,(H,13,14)(H,15,16)(H,17,18)(H,19,20);(H5,2,3,4);1H. The molecule has 25 heavy (non-hydrogen) atoms. The molecule has 0 aliphatic rings.